The van der Waals surface area contributed by atoms with Crippen molar-refractivity contribution in [1.29, 1.82) is 0 Å². The van der Waals surface area contributed by atoms with Crippen LogP contribution in [0.2, 0.25) is 10.0 Å². The van der Waals surface area contributed by atoms with Gasteiger partial charge < -0.3 is 19.3 Å². The number of halogens is 2. The maximum Gasteiger partial charge on any atom is 0.261 e. The molecule has 0 radical (unpaired) electrons. The van der Waals surface area contributed by atoms with E-state index in [1.807, 2.05) is 29.8 Å². The molecule has 0 aliphatic heterocycles. The van der Waals surface area contributed by atoms with E-state index in [9.17, 15) is 4.79 Å². The molecule has 2 aromatic carbocycles. The first-order valence-corrected chi connectivity index (χ1v) is 9.54. The van der Waals surface area contributed by atoms with Crippen LogP contribution in [0.15, 0.2) is 64.2 Å². The van der Waals surface area contributed by atoms with Crippen LogP contribution in [0.1, 0.15) is 0 Å². The molecular weight excluding hydrogens is 411 g/mol. The smallest absolute Gasteiger partial charge is 0.261 e. The van der Waals surface area contributed by atoms with Gasteiger partial charge in [0.1, 0.15) is 17.9 Å². The molecular formula is C21H14Cl2N4O2. The van der Waals surface area contributed by atoms with Gasteiger partial charge in [-0.3, -0.25) is 4.79 Å². The maximum absolute atomic E-state index is 12.9. The van der Waals surface area contributed by atoms with E-state index in [1.165, 1.54) is 6.26 Å². The van der Waals surface area contributed by atoms with Crippen molar-refractivity contribution in [2.24, 2.45) is 7.05 Å². The number of para-hydroxylation sites is 1. The minimum Gasteiger partial charge on any atom is -0.472 e. The highest BCUT2D eigenvalue weighted by molar-refractivity contribution is 6.39. The Balaban J connectivity index is 1.71. The fraction of sp³-hybridized carbons (Fsp3) is 0.0476. The van der Waals surface area contributed by atoms with Crippen LogP contribution < -0.4 is 10.9 Å². The van der Waals surface area contributed by atoms with Crippen LogP contribution in [0.3, 0.4) is 0 Å². The number of hydrogen-bond donors (Lipinski definition) is 2. The molecule has 0 aliphatic carbocycles. The number of hydrogen-bond acceptors (Lipinski definition) is 4. The summed E-state index contributed by atoms with van der Waals surface area (Å²) in [6.45, 7) is 0. The Labute approximate surface area is 174 Å². The molecule has 0 bridgehead atoms. The number of rotatable bonds is 3. The molecule has 0 atom stereocenters. The second-order valence-electron chi connectivity index (χ2n) is 6.63. The molecule has 3 aromatic heterocycles. The standard InChI is InChI=1S/C21H14Cl2N4O2/c1-27-16(25-18-13(22)3-2-4-14(18)23)9-11-5-6-15-17(19(11)27)21(28)26-20(24-15)12-7-8-29-10-12/h2-10,25H,1H3,(H,24,26,28). The highest BCUT2D eigenvalue weighted by Gasteiger charge is 2.16. The van der Waals surface area contributed by atoms with Crippen molar-refractivity contribution in [1.82, 2.24) is 14.5 Å². The summed E-state index contributed by atoms with van der Waals surface area (Å²) >= 11 is 12.6. The van der Waals surface area contributed by atoms with Crippen molar-refractivity contribution >= 4 is 56.5 Å². The van der Waals surface area contributed by atoms with Crippen LogP contribution in [0.25, 0.3) is 33.2 Å². The number of aryl methyl sites for hydroxylation is 1. The third-order valence-corrected chi connectivity index (χ3v) is 5.51. The number of nitrogens with one attached hydrogen (secondary N) is 2. The summed E-state index contributed by atoms with van der Waals surface area (Å²) < 4.78 is 6.99. The summed E-state index contributed by atoms with van der Waals surface area (Å²) in [5.41, 5.74) is 2.47. The third-order valence-electron chi connectivity index (χ3n) is 4.88. The minimum atomic E-state index is -0.222. The first-order valence-electron chi connectivity index (χ1n) is 8.79. The van der Waals surface area contributed by atoms with Crippen molar-refractivity contribution in [2.45, 2.75) is 0 Å². The van der Waals surface area contributed by atoms with Crippen molar-refractivity contribution in [3.8, 4) is 11.4 Å². The van der Waals surface area contributed by atoms with Gasteiger partial charge in [0, 0.05) is 12.4 Å². The van der Waals surface area contributed by atoms with E-state index in [0.717, 1.165) is 16.7 Å². The molecule has 0 amide bonds. The number of H-pyrrole nitrogens is 1. The van der Waals surface area contributed by atoms with Crippen LogP contribution in [0.5, 0.6) is 0 Å². The minimum absolute atomic E-state index is 0.222. The van der Waals surface area contributed by atoms with E-state index < -0.39 is 0 Å². The van der Waals surface area contributed by atoms with Gasteiger partial charge in [-0.1, -0.05) is 35.3 Å². The number of anilines is 2. The number of fused-ring (bicyclic) bond motifs is 3. The summed E-state index contributed by atoms with van der Waals surface area (Å²) in [5, 5.41) is 5.70. The van der Waals surface area contributed by atoms with Crippen LogP contribution >= 0.6 is 23.2 Å². The first-order chi connectivity index (χ1) is 14.0. The number of benzene rings is 2. The van der Waals surface area contributed by atoms with Gasteiger partial charge >= 0.3 is 0 Å². The topological polar surface area (TPSA) is 75.8 Å². The average molecular weight is 425 g/mol. The van der Waals surface area contributed by atoms with Crippen LogP contribution in [0, 0.1) is 0 Å². The van der Waals surface area contributed by atoms with Crippen molar-refractivity contribution in [3.05, 3.63) is 75.4 Å². The molecule has 0 saturated carbocycles. The van der Waals surface area contributed by atoms with E-state index in [0.29, 0.717) is 38.0 Å². The number of furan rings is 1. The highest BCUT2D eigenvalue weighted by Crippen LogP contribution is 2.35. The van der Waals surface area contributed by atoms with Gasteiger partial charge in [-0.05, 0) is 30.3 Å². The summed E-state index contributed by atoms with van der Waals surface area (Å²) in [6, 6.07) is 12.8. The Hall–Kier alpha value is -3.22. The molecule has 0 fully saturated rings. The zero-order valence-electron chi connectivity index (χ0n) is 15.2. The van der Waals surface area contributed by atoms with Gasteiger partial charge in [0.05, 0.1) is 44.0 Å². The van der Waals surface area contributed by atoms with E-state index in [-0.39, 0.29) is 5.56 Å². The predicted molar refractivity (Wildman–Crippen MR) is 116 cm³/mol. The van der Waals surface area contributed by atoms with Crippen molar-refractivity contribution < 1.29 is 4.42 Å². The summed E-state index contributed by atoms with van der Waals surface area (Å²) in [4.78, 5) is 20.4. The molecule has 144 valence electrons. The SMILES string of the molecule is Cn1c(Nc2c(Cl)cccc2Cl)cc2ccc3nc(-c4ccoc4)[nH]c(=O)c3c21. The van der Waals surface area contributed by atoms with Crippen molar-refractivity contribution in [3.63, 3.8) is 0 Å². The Morgan fingerprint density at radius 3 is 2.66 bits per heavy atom. The lowest BCUT2D eigenvalue weighted by Gasteiger charge is -2.11. The zero-order valence-corrected chi connectivity index (χ0v) is 16.7. The average Bonchev–Trinajstić information content (AvgIpc) is 3.33. The first kappa shape index (κ1) is 17.8. The second kappa shape index (κ2) is 6.69. The quantitative estimate of drug-likeness (QED) is 0.387. The largest absolute Gasteiger partial charge is 0.472 e. The van der Waals surface area contributed by atoms with Gasteiger partial charge in [0.25, 0.3) is 5.56 Å². The molecule has 5 rings (SSSR count). The van der Waals surface area contributed by atoms with Gasteiger partial charge in [0.15, 0.2) is 0 Å². The lowest BCUT2D eigenvalue weighted by atomic mass is 10.1. The van der Waals surface area contributed by atoms with Crippen LogP contribution in [0.4, 0.5) is 11.5 Å². The fourth-order valence-corrected chi connectivity index (χ4v) is 3.97. The molecule has 29 heavy (non-hydrogen) atoms. The molecule has 8 heteroatoms. The number of nitrogens with zero attached hydrogens (tertiary/aromatic N) is 2. The van der Waals surface area contributed by atoms with Gasteiger partial charge in [-0.25, -0.2) is 4.98 Å². The summed E-state index contributed by atoms with van der Waals surface area (Å²) in [5.74, 6) is 1.21. The lowest BCUT2D eigenvalue weighted by molar-refractivity contribution is 0.568. The zero-order chi connectivity index (χ0) is 20.1. The van der Waals surface area contributed by atoms with Crippen molar-refractivity contribution in [2.75, 3.05) is 5.32 Å². The van der Waals surface area contributed by atoms with E-state index >= 15 is 0 Å². The van der Waals surface area contributed by atoms with Gasteiger partial charge in [0.2, 0.25) is 0 Å². The molecule has 0 saturated heterocycles. The van der Waals surface area contributed by atoms with Gasteiger partial charge in [-0.2, -0.15) is 0 Å². The number of aromatic nitrogens is 3. The monoisotopic (exact) mass is 424 g/mol. The Kier molecular flexibility index (Phi) is 4.12. The second-order valence-corrected chi connectivity index (χ2v) is 7.45. The molecule has 5 aromatic rings. The maximum atomic E-state index is 12.9. The van der Waals surface area contributed by atoms with Crippen LogP contribution in [-0.4, -0.2) is 14.5 Å². The molecule has 0 spiro atoms. The van der Waals surface area contributed by atoms with E-state index in [1.54, 1.807) is 30.5 Å². The molecule has 6 nitrogen and oxygen atoms in total. The number of aromatic amines is 1. The summed E-state index contributed by atoms with van der Waals surface area (Å²) in [6.07, 6.45) is 3.08. The Bertz CT molecular complexity index is 1410. The third kappa shape index (κ3) is 2.88. The Morgan fingerprint density at radius 2 is 1.93 bits per heavy atom. The molecule has 3 heterocycles. The normalized spacial score (nSPS) is 11.4. The fourth-order valence-electron chi connectivity index (χ4n) is 3.48. The van der Waals surface area contributed by atoms with Gasteiger partial charge in [-0.15, -0.1) is 0 Å². The van der Waals surface area contributed by atoms with Crippen LogP contribution in [-0.2, 0) is 7.05 Å². The highest BCUT2D eigenvalue weighted by atomic mass is 35.5. The molecule has 0 unspecified atom stereocenters. The predicted octanol–water partition coefficient (Wildman–Crippen LogP) is 5.73. The Morgan fingerprint density at radius 1 is 1.14 bits per heavy atom. The molecule has 0 aliphatic rings. The summed E-state index contributed by atoms with van der Waals surface area (Å²) in [7, 11) is 1.87. The van der Waals surface area contributed by atoms with E-state index in [4.69, 9.17) is 27.6 Å². The van der Waals surface area contributed by atoms with E-state index in [2.05, 4.69) is 15.3 Å². The molecule has 2 N–H and O–H groups in total. The lowest BCUT2D eigenvalue weighted by Crippen LogP contribution is -2.11.